The molecule has 0 spiro atoms. The molecule has 2 rings (SSSR count). The smallest absolute Gasteiger partial charge is 0.410 e. The first kappa shape index (κ1) is 19.7. The lowest BCUT2D eigenvalue weighted by atomic mass is 10.1. The summed E-state index contributed by atoms with van der Waals surface area (Å²) >= 11 is 5.81. The molecule has 0 radical (unpaired) electrons. The van der Waals surface area contributed by atoms with Crippen molar-refractivity contribution in [2.45, 2.75) is 32.9 Å². The van der Waals surface area contributed by atoms with Gasteiger partial charge in [0.05, 0.1) is 0 Å². The number of nitrogens with one attached hydrogen (secondary N) is 1. The Balaban J connectivity index is 2.03. The second-order valence-corrected chi connectivity index (χ2v) is 7.25. The van der Waals surface area contributed by atoms with E-state index in [2.05, 4.69) is 10.3 Å². The van der Waals surface area contributed by atoms with Gasteiger partial charge in [-0.3, -0.25) is 4.79 Å². The van der Waals surface area contributed by atoms with Crippen LogP contribution in [0, 0.1) is 0 Å². The van der Waals surface area contributed by atoms with Crippen molar-refractivity contribution in [3.8, 4) is 0 Å². The van der Waals surface area contributed by atoms with Crippen molar-refractivity contribution in [3.63, 3.8) is 0 Å². The van der Waals surface area contributed by atoms with E-state index in [1.54, 1.807) is 19.2 Å². The van der Waals surface area contributed by atoms with Crippen molar-refractivity contribution < 1.29 is 14.3 Å². The van der Waals surface area contributed by atoms with E-state index in [1.807, 2.05) is 39.0 Å². The fourth-order valence-electron chi connectivity index (χ4n) is 2.17. The van der Waals surface area contributed by atoms with E-state index in [-0.39, 0.29) is 11.1 Å². The number of carbonyl (C=O) groups is 2. The zero-order valence-corrected chi connectivity index (χ0v) is 16.0. The molecule has 7 heteroatoms. The van der Waals surface area contributed by atoms with Crippen molar-refractivity contribution in [3.05, 3.63) is 58.9 Å². The first-order valence-corrected chi connectivity index (χ1v) is 8.48. The van der Waals surface area contributed by atoms with E-state index in [4.69, 9.17) is 16.3 Å². The molecule has 1 aromatic carbocycles. The topological polar surface area (TPSA) is 71.5 Å². The number of rotatable bonds is 4. The van der Waals surface area contributed by atoms with Crippen LogP contribution in [0.4, 0.5) is 10.5 Å². The molecule has 0 unspecified atom stereocenters. The number of anilines is 1. The largest absolute Gasteiger partial charge is 0.444 e. The highest BCUT2D eigenvalue weighted by molar-refractivity contribution is 6.29. The van der Waals surface area contributed by atoms with Crippen LogP contribution in [-0.2, 0) is 11.3 Å². The second-order valence-electron chi connectivity index (χ2n) is 6.86. The van der Waals surface area contributed by atoms with Crippen LogP contribution in [0.1, 0.15) is 36.7 Å². The number of benzene rings is 1. The Kier molecular flexibility index (Phi) is 6.21. The van der Waals surface area contributed by atoms with Crippen molar-refractivity contribution in [1.82, 2.24) is 9.88 Å². The highest BCUT2D eigenvalue weighted by atomic mass is 35.5. The van der Waals surface area contributed by atoms with Gasteiger partial charge in [-0.2, -0.15) is 0 Å². The van der Waals surface area contributed by atoms with Crippen LogP contribution >= 0.6 is 11.6 Å². The fourth-order valence-corrected chi connectivity index (χ4v) is 2.35. The Morgan fingerprint density at radius 3 is 2.62 bits per heavy atom. The summed E-state index contributed by atoms with van der Waals surface area (Å²) in [7, 11) is 1.66. The molecule has 0 bridgehead atoms. The van der Waals surface area contributed by atoms with Crippen LogP contribution < -0.4 is 5.32 Å². The number of carbonyl (C=O) groups excluding carboxylic acids is 2. The number of pyridine rings is 1. The summed E-state index contributed by atoms with van der Waals surface area (Å²) in [6.45, 7) is 5.82. The van der Waals surface area contributed by atoms with Gasteiger partial charge in [0.1, 0.15) is 10.8 Å². The monoisotopic (exact) mass is 375 g/mol. The molecule has 1 N–H and O–H groups in total. The molecule has 1 heterocycles. The molecule has 6 nitrogen and oxygen atoms in total. The molecule has 0 aliphatic heterocycles. The van der Waals surface area contributed by atoms with Crippen molar-refractivity contribution in [2.75, 3.05) is 12.4 Å². The van der Waals surface area contributed by atoms with Crippen molar-refractivity contribution >= 4 is 29.3 Å². The lowest BCUT2D eigenvalue weighted by Gasteiger charge is -2.24. The fraction of sp³-hybridized carbons (Fsp3) is 0.316. The molecule has 0 atom stereocenters. The minimum Gasteiger partial charge on any atom is -0.444 e. The zero-order chi connectivity index (χ0) is 19.3. The molecule has 0 aliphatic carbocycles. The van der Waals surface area contributed by atoms with Crippen LogP contribution in [-0.4, -0.2) is 34.5 Å². The summed E-state index contributed by atoms with van der Waals surface area (Å²) in [5, 5.41) is 3.06. The van der Waals surface area contributed by atoms with Crippen LogP contribution in [0.25, 0.3) is 0 Å². The Morgan fingerprint density at radius 2 is 1.96 bits per heavy atom. The molecule has 0 saturated carbocycles. The minimum absolute atomic E-state index is 0.255. The van der Waals surface area contributed by atoms with E-state index in [1.165, 1.54) is 17.2 Å². The van der Waals surface area contributed by atoms with Gasteiger partial charge in [-0.1, -0.05) is 23.7 Å². The summed E-state index contributed by atoms with van der Waals surface area (Å²) in [6, 6.07) is 10.4. The summed E-state index contributed by atoms with van der Waals surface area (Å²) in [5.74, 6) is -0.285. The molecular weight excluding hydrogens is 354 g/mol. The van der Waals surface area contributed by atoms with Gasteiger partial charge in [0.2, 0.25) is 0 Å². The molecule has 2 aromatic rings. The maximum atomic E-state index is 12.3. The number of hydrogen-bond donors (Lipinski definition) is 1. The van der Waals surface area contributed by atoms with Gasteiger partial charge in [0, 0.05) is 31.0 Å². The molecule has 0 fully saturated rings. The summed E-state index contributed by atoms with van der Waals surface area (Å²) in [5.41, 5.74) is 1.36. The molecule has 0 aliphatic rings. The van der Waals surface area contributed by atoms with Gasteiger partial charge in [0.15, 0.2) is 0 Å². The average molecular weight is 376 g/mol. The molecule has 1 aromatic heterocycles. The molecular formula is C19H22ClN3O3. The third kappa shape index (κ3) is 6.04. The molecule has 2 amide bonds. The average Bonchev–Trinajstić information content (AvgIpc) is 2.53. The summed E-state index contributed by atoms with van der Waals surface area (Å²) in [6.07, 6.45) is 1.07. The van der Waals surface area contributed by atoms with Crippen LogP contribution in [0.2, 0.25) is 5.15 Å². The normalized spacial score (nSPS) is 11.0. The summed E-state index contributed by atoms with van der Waals surface area (Å²) < 4.78 is 5.33. The Hall–Kier alpha value is -2.60. The number of hydrogen-bond acceptors (Lipinski definition) is 4. The predicted octanol–water partition coefficient (Wildman–Crippen LogP) is 4.35. The van der Waals surface area contributed by atoms with E-state index >= 15 is 0 Å². The SMILES string of the molecule is CN(Cc1cccc(NC(=O)c2ccnc(Cl)c2)c1)C(=O)OC(C)(C)C. The maximum absolute atomic E-state index is 12.3. The van der Waals surface area contributed by atoms with E-state index in [0.717, 1.165) is 5.56 Å². The molecule has 26 heavy (non-hydrogen) atoms. The van der Waals surface area contributed by atoms with Gasteiger partial charge < -0.3 is 15.0 Å². The highest BCUT2D eigenvalue weighted by Crippen LogP contribution is 2.16. The van der Waals surface area contributed by atoms with Gasteiger partial charge in [0.25, 0.3) is 5.91 Å². The van der Waals surface area contributed by atoms with E-state index in [9.17, 15) is 9.59 Å². The second kappa shape index (κ2) is 8.19. The van der Waals surface area contributed by atoms with E-state index in [0.29, 0.717) is 17.8 Å². The Bertz CT molecular complexity index is 803. The Labute approximate surface area is 158 Å². The minimum atomic E-state index is -0.549. The van der Waals surface area contributed by atoms with Crippen LogP contribution in [0.5, 0.6) is 0 Å². The first-order valence-electron chi connectivity index (χ1n) is 8.10. The van der Waals surface area contributed by atoms with Crippen molar-refractivity contribution in [2.24, 2.45) is 0 Å². The number of nitrogens with zero attached hydrogens (tertiary/aromatic N) is 2. The van der Waals surface area contributed by atoms with E-state index < -0.39 is 11.7 Å². The molecule has 0 saturated heterocycles. The van der Waals surface area contributed by atoms with Crippen LogP contribution in [0.3, 0.4) is 0 Å². The quantitative estimate of drug-likeness (QED) is 0.806. The standard InChI is InChI=1S/C19H22ClN3O3/c1-19(2,3)26-18(25)23(4)12-13-6-5-7-15(10-13)22-17(24)14-8-9-21-16(20)11-14/h5-11H,12H2,1-4H3,(H,22,24). The van der Waals surface area contributed by atoms with Gasteiger partial charge in [-0.15, -0.1) is 0 Å². The molecule has 138 valence electrons. The lowest BCUT2D eigenvalue weighted by Crippen LogP contribution is -2.33. The lowest BCUT2D eigenvalue weighted by molar-refractivity contribution is 0.0285. The maximum Gasteiger partial charge on any atom is 0.410 e. The van der Waals surface area contributed by atoms with Crippen LogP contribution in [0.15, 0.2) is 42.6 Å². The number of ether oxygens (including phenoxy) is 1. The first-order chi connectivity index (χ1) is 12.1. The third-order valence-corrected chi connectivity index (χ3v) is 3.51. The summed E-state index contributed by atoms with van der Waals surface area (Å²) in [4.78, 5) is 29.7. The Morgan fingerprint density at radius 1 is 1.23 bits per heavy atom. The number of amides is 2. The van der Waals surface area contributed by atoms with Crippen molar-refractivity contribution in [1.29, 1.82) is 0 Å². The van der Waals surface area contributed by atoms with Gasteiger partial charge in [-0.25, -0.2) is 9.78 Å². The van der Waals surface area contributed by atoms with Gasteiger partial charge >= 0.3 is 6.09 Å². The predicted molar refractivity (Wildman–Crippen MR) is 101 cm³/mol. The zero-order valence-electron chi connectivity index (χ0n) is 15.2. The number of halogens is 1. The highest BCUT2D eigenvalue weighted by Gasteiger charge is 2.19. The number of aromatic nitrogens is 1. The van der Waals surface area contributed by atoms with Gasteiger partial charge in [-0.05, 0) is 50.6 Å². The third-order valence-electron chi connectivity index (χ3n) is 3.30.